The van der Waals surface area contributed by atoms with Crippen molar-refractivity contribution in [1.29, 1.82) is 0 Å². The maximum absolute atomic E-state index is 5.07. The van der Waals surface area contributed by atoms with Crippen molar-refractivity contribution in [2.24, 2.45) is 5.92 Å². The van der Waals surface area contributed by atoms with Gasteiger partial charge in [-0.2, -0.15) is 0 Å². The minimum absolute atomic E-state index is 0.675. The summed E-state index contributed by atoms with van der Waals surface area (Å²) in [4.78, 5) is 4.27. The molecule has 0 saturated carbocycles. The van der Waals surface area contributed by atoms with Crippen LogP contribution in [0.1, 0.15) is 18.4 Å². The van der Waals surface area contributed by atoms with Crippen molar-refractivity contribution in [2.75, 3.05) is 13.7 Å². The van der Waals surface area contributed by atoms with Crippen LogP contribution in [0.3, 0.4) is 0 Å². The number of pyridine rings is 1. The van der Waals surface area contributed by atoms with Crippen molar-refractivity contribution in [2.45, 2.75) is 18.9 Å². The number of aromatic nitrogens is 1. The second-order valence-corrected chi connectivity index (χ2v) is 4.52. The van der Waals surface area contributed by atoms with Gasteiger partial charge in [-0.25, -0.2) is 4.98 Å². The summed E-state index contributed by atoms with van der Waals surface area (Å²) >= 11 is 0. The van der Waals surface area contributed by atoms with Gasteiger partial charge in [-0.3, -0.25) is 0 Å². The van der Waals surface area contributed by atoms with Crippen LogP contribution in [0.15, 0.2) is 24.4 Å². The smallest absolute Gasteiger partial charge is 0.212 e. The minimum atomic E-state index is 0.675. The lowest BCUT2D eigenvalue weighted by Crippen LogP contribution is -2.19. The normalized spacial score (nSPS) is 27.7. The van der Waals surface area contributed by atoms with Gasteiger partial charge in [-0.1, -0.05) is 6.08 Å². The highest BCUT2D eigenvalue weighted by atomic mass is 16.5. The van der Waals surface area contributed by atoms with Gasteiger partial charge in [-0.05, 0) is 36.0 Å². The van der Waals surface area contributed by atoms with E-state index in [0.29, 0.717) is 17.8 Å². The van der Waals surface area contributed by atoms with Crippen LogP contribution < -0.4 is 10.1 Å². The molecule has 1 aromatic rings. The first-order chi connectivity index (χ1) is 7.86. The Kier molecular flexibility index (Phi) is 2.40. The maximum atomic E-state index is 5.07. The van der Waals surface area contributed by atoms with Crippen molar-refractivity contribution >= 4 is 5.57 Å². The summed E-state index contributed by atoms with van der Waals surface area (Å²) < 4.78 is 5.07. The Morgan fingerprint density at radius 3 is 3.12 bits per heavy atom. The first-order valence-electron chi connectivity index (χ1n) is 5.80. The Hall–Kier alpha value is -1.35. The quantitative estimate of drug-likeness (QED) is 0.819. The van der Waals surface area contributed by atoms with E-state index >= 15 is 0 Å². The maximum Gasteiger partial charge on any atom is 0.212 e. The molecule has 2 bridgehead atoms. The Morgan fingerprint density at radius 2 is 2.38 bits per heavy atom. The fourth-order valence-electron chi connectivity index (χ4n) is 2.70. The van der Waals surface area contributed by atoms with Crippen LogP contribution in [0.25, 0.3) is 5.57 Å². The van der Waals surface area contributed by atoms with E-state index in [4.69, 9.17) is 4.74 Å². The fraction of sp³-hybridized carbons (Fsp3) is 0.462. The van der Waals surface area contributed by atoms with Gasteiger partial charge in [0.2, 0.25) is 5.88 Å². The molecule has 1 aliphatic heterocycles. The summed E-state index contributed by atoms with van der Waals surface area (Å²) in [6.45, 7) is 1.11. The van der Waals surface area contributed by atoms with E-state index in [0.717, 1.165) is 13.0 Å². The van der Waals surface area contributed by atoms with E-state index < -0.39 is 0 Å². The van der Waals surface area contributed by atoms with Gasteiger partial charge in [0.15, 0.2) is 0 Å². The van der Waals surface area contributed by atoms with Crippen molar-refractivity contribution in [3.05, 3.63) is 30.0 Å². The molecule has 2 aliphatic rings. The molecule has 1 aliphatic carbocycles. The molecule has 2 atom stereocenters. The zero-order chi connectivity index (χ0) is 11.0. The van der Waals surface area contributed by atoms with E-state index in [9.17, 15) is 0 Å². The largest absolute Gasteiger partial charge is 0.481 e. The molecule has 0 radical (unpaired) electrons. The van der Waals surface area contributed by atoms with Crippen LogP contribution in [-0.4, -0.2) is 24.7 Å². The van der Waals surface area contributed by atoms with Gasteiger partial charge in [0.1, 0.15) is 0 Å². The van der Waals surface area contributed by atoms with Crippen LogP contribution in [0.4, 0.5) is 0 Å². The third kappa shape index (κ3) is 1.61. The highest BCUT2D eigenvalue weighted by Gasteiger charge is 2.30. The van der Waals surface area contributed by atoms with Crippen LogP contribution >= 0.6 is 0 Å². The number of rotatable bonds is 2. The molecule has 0 amide bonds. The first-order valence-corrected chi connectivity index (χ1v) is 5.80. The number of ether oxygens (including phenoxy) is 1. The lowest BCUT2D eigenvalue weighted by Gasteiger charge is -2.19. The Balaban J connectivity index is 1.88. The number of nitrogens with zero attached hydrogens (tertiary/aromatic N) is 1. The van der Waals surface area contributed by atoms with Crippen LogP contribution in [0, 0.1) is 5.92 Å². The zero-order valence-corrected chi connectivity index (χ0v) is 9.44. The molecule has 3 nitrogen and oxygen atoms in total. The molecule has 3 heteroatoms. The molecule has 1 fully saturated rings. The first kappa shape index (κ1) is 9.85. The van der Waals surface area contributed by atoms with Crippen molar-refractivity contribution in [3.8, 4) is 5.88 Å². The van der Waals surface area contributed by atoms with Crippen LogP contribution in [0.5, 0.6) is 5.88 Å². The monoisotopic (exact) mass is 216 g/mol. The van der Waals surface area contributed by atoms with E-state index in [1.165, 1.54) is 17.6 Å². The second-order valence-electron chi connectivity index (χ2n) is 4.52. The lowest BCUT2D eigenvalue weighted by molar-refractivity contribution is 0.398. The summed E-state index contributed by atoms with van der Waals surface area (Å²) in [5, 5.41) is 3.54. The molecule has 1 N–H and O–H groups in total. The average molecular weight is 216 g/mol. The average Bonchev–Trinajstić information content (AvgIpc) is 2.72. The molecule has 84 valence electrons. The van der Waals surface area contributed by atoms with E-state index in [1.54, 1.807) is 7.11 Å². The van der Waals surface area contributed by atoms with Gasteiger partial charge in [0, 0.05) is 24.8 Å². The topological polar surface area (TPSA) is 34.1 Å². The van der Waals surface area contributed by atoms with Gasteiger partial charge < -0.3 is 10.1 Å². The summed E-state index contributed by atoms with van der Waals surface area (Å²) in [6, 6.07) is 4.75. The van der Waals surface area contributed by atoms with Gasteiger partial charge >= 0.3 is 0 Å². The van der Waals surface area contributed by atoms with Crippen molar-refractivity contribution in [3.63, 3.8) is 0 Å². The zero-order valence-electron chi connectivity index (χ0n) is 9.44. The Bertz CT molecular complexity index is 410. The van der Waals surface area contributed by atoms with Gasteiger partial charge in [-0.15, -0.1) is 0 Å². The molecule has 16 heavy (non-hydrogen) atoms. The highest BCUT2D eigenvalue weighted by Crippen LogP contribution is 2.35. The third-order valence-electron chi connectivity index (χ3n) is 3.56. The summed E-state index contributed by atoms with van der Waals surface area (Å²) in [7, 11) is 1.65. The number of hydrogen-bond acceptors (Lipinski definition) is 3. The molecule has 1 aromatic heterocycles. The predicted molar refractivity (Wildman–Crippen MR) is 63.3 cm³/mol. The molecular formula is C13H16N2O. The molecular weight excluding hydrogens is 200 g/mol. The van der Waals surface area contributed by atoms with E-state index in [2.05, 4.69) is 22.4 Å². The second kappa shape index (κ2) is 3.91. The van der Waals surface area contributed by atoms with Crippen molar-refractivity contribution in [1.82, 2.24) is 10.3 Å². The lowest BCUT2D eigenvalue weighted by atomic mass is 9.85. The van der Waals surface area contributed by atoms with Crippen LogP contribution in [0.2, 0.25) is 0 Å². The van der Waals surface area contributed by atoms with Gasteiger partial charge in [0.25, 0.3) is 0 Å². The number of methoxy groups -OCH3 is 1. The molecule has 2 heterocycles. The number of fused-ring (bicyclic) bond motifs is 2. The molecule has 3 rings (SSSR count). The molecule has 0 aromatic carbocycles. The SMILES string of the molecule is COc1ccc(C2=CCC3CC2CN3)cn1. The number of nitrogens with one attached hydrogen (secondary N) is 1. The predicted octanol–water partition coefficient (Wildman–Crippen LogP) is 1.86. The summed E-state index contributed by atoms with van der Waals surface area (Å²) in [5.41, 5.74) is 2.70. The van der Waals surface area contributed by atoms with Crippen molar-refractivity contribution < 1.29 is 4.74 Å². The highest BCUT2D eigenvalue weighted by molar-refractivity contribution is 5.68. The van der Waals surface area contributed by atoms with E-state index in [1.807, 2.05) is 12.3 Å². The van der Waals surface area contributed by atoms with Gasteiger partial charge in [0.05, 0.1) is 7.11 Å². The third-order valence-corrected chi connectivity index (χ3v) is 3.56. The fourth-order valence-corrected chi connectivity index (χ4v) is 2.70. The molecule has 2 unspecified atom stereocenters. The number of hydrogen-bond donors (Lipinski definition) is 1. The molecule has 0 spiro atoms. The Morgan fingerprint density at radius 1 is 1.44 bits per heavy atom. The van der Waals surface area contributed by atoms with Crippen LogP contribution in [-0.2, 0) is 0 Å². The Labute approximate surface area is 95.5 Å². The molecule has 1 saturated heterocycles. The summed E-state index contributed by atoms with van der Waals surface area (Å²) in [5.74, 6) is 1.36. The standard InChI is InChI=1S/C13H16N2O/c1-16-13-5-2-9(7-15-13)12-4-3-11-6-10(12)8-14-11/h2,4-5,7,10-11,14H,3,6,8H2,1H3. The summed E-state index contributed by atoms with van der Waals surface area (Å²) in [6.07, 6.45) is 6.71. The minimum Gasteiger partial charge on any atom is -0.481 e. The van der Waals surface area contributed by atoms with E-state index in [-0.39, 0.29) is 0 Å².